The van der Waals surface area contributed by atoms with Crippen molar-refractivity contribution in [2.24, 2.45) is 0 Å². The van der Waals surface area contributed by atoms with Crippen molar-refractivity contribution in [3.05, 3.63) is 466 Å². The zero-order valence-corrected chi connectivity index (χ0v) is 78.2. The third-order valence-electron chi connectivity index (χ3n) is 30.1. The van der Waals surface area contributed by atoms with Crippen LogP contribution in [0.2, 0.25) is 0 Å². The topological polar surface area (TPSA) is 208 Å². The van der Waals surface area contributed by atoms with Gasteiger partial charge in [0, 0.05) is 0 Å². The Morgan fingerprint density at radius 2 is 0.345 bits per heavy atom. The summed E-state index contributed by atoms with van der Waals surface area (Å²) in [5.74, 6) is 0. The molecule has 0 heterocycles. The third-order valence-corrected chi connectivity index (χ3v) is 30.1. The van der Waals surface area contributed by atoms with E-state index in [1.807, 2.05) is 78.9 Å². The van der Waals surface area contributed by atoms with Crippen molar-refractivity contribution >= 4 is 292 Å². The lowest BCUT2D eigenvalue weighted by molar-refractivity contribution is 1.45. The van der Waals surface area contributed by atoms with Gasteiger partial charge in [0.2, 0.25) is 17.1 Å². The van der Waals surface area contributed by atoms with E-state index < -0.39 is 0 Å². The maximum Gasteiger partial charge on any atom is 0.205 e. The predicted molar refractivity (Wildman–Crippen MR) is 606 cm³/mol. The van der Waals surface area contributed by atoms with E-state index in [-0.39, 0.29) is 33.8 Å². The van der Waals surface area contributed by atoms with Crippen LogP contribution in [0.3, 0.4) is 0 Å². The van der Waals surface area contributed by atoms with E-state index in [4.69, 9.17) is 26.3 Å². The summed E-state index contributed by atoms with van der Waals surface area (Å²) in [4.78, 5) is 14.4. The smallest absolute Gasteiger partial charge is 0.205 e. The van der Waals surface area contributed by atoms with Gasteiger partial charge in [-0.3, -0.25) is 14.5 Å². The molecule has 0 fully saturated rings. The fraction of sp³-hybridized carbons (Fsp3) is 0. The molecule has 12 heteroatoms. The Labute approximate surface area is 843 Å². The molecule has 0 aromatic heterocycles. The number of nitriles is 8. The summed E-state index contributed by atoms with van der Waals surface area (Å²) < 4.78 is 0. The second-order valence-electron chi connectivity index (χ2n) is 37.1. The van der Waals surface area contributed by atoms with Crippen LogP contribution in [0.15, 0.2) is 376 Å². The van der Waals surface area contributed by atoms with Crippen molar-refractivity contribution in [2.75, 3.05) is 0 Å². The first-order chi connectivity index (χ1) is 73.0. The summed E-state index contributed by atoms with van der Waals surface area (Å²) in [5, 5.41) is 133. The molecule has 29 rings (SSSR count). The third kappa shape index (κ3) is 12.4. The number of hydrogen-bond acceptors (Lipinski definition) is 8. The molecule has 0 spiro atoms. The Kier molecular flexibility index (Phi) is 19.7. The number of hydrogen-bond donors (Lipinski definition) is 0. The fourth-order valence-corrected chi connectivity index (χ4v) is 24.1. The molecule has 148 heavy (non-hydrogen) atoms. The Bertz CT molecular complexity index is 11800. The first kappa shape index (κ1) is 86.1. The Balaban J connectivity index is 0.000000100. The van der Waals surface area contributed by atoms with Crippen molar-refractivity contribution in [3.8, 4) is 48.6 Å². The highest BCUT2D eigenvalue weighted by Crippen LogP contribution is 2.56. The quantitative estimate of drug-likeness (QED) is 0.0808. The molecule has 29 aromatic rings. The van der Waals surface area contributed by atoms with Crippen LogP contribution in [0, 0.1) is 117 Å². The highest BCUT2D eigenvalue weighted by Gasteiger charge is 2.29. The molecule has 0 amide bonds. The molecule has 0 aliphatic carbocycles. The van der Waals surface area contributed by atoms with E-state index in [1.165, 1.54) is 102 Å². The van der Waals surface area contributed by atoms with Crippen molar-refractivity contribution in [2.45, 2.75) is 0 Å². The average molecular weight is 1860 g/mol. The van der Waals surface area contributed by atoms with Gasteiger partial charge in [-0.1, -0.05) is 322 Å². The number of rotatable bonds is 0. The Hall–Kier alpha value is -22.2. The van der Waals surface area contributed by atoms with Gasteiger partial charge < -0.3 is 0 Å². The van der Waals surface area contributed by atoms with Gasteiger partial charge in [0.1, 0.15) is 36.4 Å². The van der Waals surface area contributed by atoms with E-state index in [0.29, 0.717) is 55.0 Å². The largest absolute Gasteiger partial charge is 0.262 e. The maximum absolute atomic E-state index is 10.1. The molecule has 0 N–H and O–H groups in total. The van der Waals surface area contributed by atoms with Gasteiger partial charge in [0.05, 0.1) is 82.9 Å². The van der Waals surface area contributed by atoms with E-state index in [1.54, 1.807) is 18.2 Å². The molecular weight excluding hydrogens is 1800 g/mol. The van der Waals surface area contributed by atoms with Gasteiger partial charge in [-0.25, -0.2) is 4.85 Å². The second-order valence-corrected chi connectivity index (χ2v) is 37.1. The molecule has 0 radical (unpaired) electrons. The molecule has 0 saturated carbocycles. The van der Waals surface area contributed by atoms with Crippen LogP contribution in [-0.2, 0) is 0 Å². The summed E-state index contributed by atoms with van der Waals surface area (Å²) in [5.41, 5.74) is 2.72. The lowest BCUT2D eigenvalue weighted by atomic mass is 9.83. The van der Waals surface area contributed by atoms with Crippen LogP contribution >= 0.6 is 0 Å². The van der Waals surface area contributed by atoms with E-state index in [2.05, 4.69) is 347 Å². The van der Waals surface area contributed by atoms with Gasteiger partial charge in [-0.15, -0.1) is 0 Å². The Morgan fingerprint density at radius 3 is 0.662 bits per heavy atom. The van der Waals surface area contributed by atoms with Crippen LogP contribution in [0.4, 0.5) is 22.7 Å². The first-order valence-corrected chi connectivity index (χ1v) is 47.9. The summed E-state index contributed by atoms with van der Waals surface area (Å²) >= 11 is 0. The molecule has 0 bridgehead atoms. The summed E-state index contributed by atoms with van der Waals surface area (Å²) in [6.45, 7) is 31.2. The van der Waals surface area contributed by atoms with Crippen molar-refractivity contribution < 1.29 is 0 Å². The molecule has 0 saturated heterocycles. The molecule has 0 aliphatic rings. The molecular formula is C136H62N12. The molecule has 0 atom stereocenters. The predicted octanol–water partition coefficient (Wildman–Crippen LogP) is 36.8. The van der Waals surface area contributed by atoms with E-state index >= 15 is 0 Å². The van der Waals surface area contributed by atoms with Crippen LogP contribution in [0.5, 0.6) is 0 Å². The SMILES string of the molecule is N#Cc1cc2c(cc1C#N)c1c3ccccc3c3ccccc3c1c1ccc3ccccc3c21.N#Cc1cc2c3ccc4ccccc4c3c3c4ccccc4c4ccccc4c3c2cc1C#N.[C-]#[N+]c1c([N+]#[C-])c([N+]#[C-])c2cc3c(cc2c1C#N)c1cc(C#N)c(C#N)cc1c1c2ccccc2c2ccccc2c31.[C-]#[N+]c1cc2c(cc1C#N)c1c3ccccc3c3ccccc3c1c1c3ccccc3c3ccccc3c21. The minimum absolute atomic E-state index is 0.0304. The fourth-order valence-electron chi connectivity index (χ4n) is 24.1. The summed E-state index contributed by atoms with van der Waals surface area (Å²) in [7, 11) is 0. The molecule has 0 unspecified atom stereocenters. The monoisotopic (exact) mass is 1860 g/mol. The molecule has 29 aromatic carbocycles. The van der Waals surface area contributed by atoms with Gasteiger partial charge in [0.25, 0.3) is 0 Å². The van der Waals surface area contributed by atoms with Gasteiger partial charge >= 0.3 is 0 Å². The average Bonchev–Trinajstić information content (AvgIpc) is 0.695. The van der Waals surface area contributed by atoms with Crippen LogP contribution in [0.25, 0.3) is 289 Å². The second kappa shape index (κ2) is 33.8. The molecule has 666 valence electrons. The van der Waals surface area contributed by atoms with Crippen molar-refractivity contribution in [1.82, 2.24) is 0 Å². The molecule has 0 aliphatic heterocycles. The standard InChI is InChI=1S/C36H12N6.C36H18N2.2C32H16N2/c1-40-34-30-15-29-26(14-27(30)31(18-39)35(41-2)36(34)42-3)25-12-19(16-37)20(17-38)13-28(25)32-23-10-6-4-8-21(23)22-9-5-7-11-24(22)33(29)32;1-38-32-19-31-30(18-21(32)20-37)33-26-14-6-2-10-22(26)24-12-4-8-16-28(24)35(33)36-29-17-9-5-13-25(29)23-11-3-7-15-27(23)34(31)36;33-17-20-15-28-29(16-21(20)18-34)32-26-12-6-4-10-24(26)23-9-3-5-11-25(23)31(32)27-14-13-19-7-1-2-8-22(19)30(27)28;33-17-20-15-28-27-14-13-19-7-1-2-8-22(19)30(27)32-26-12-6-4-10-24(26)23-9-3-5-11-25(23)31(32)29(28)16-21(20)18-34/h4-15H;2-19H;2*1-16H. The lowest BCUT2D eigenvalue weighted by Gasteiger charge is -2.20. The van der Waals surface area contributed by atoms with Crippen molar-refractivity contribution in [3.63, 3.8) is 0 Å². The van der Waals surface area contributed by atoms with Crippen LogP contribution in [0.1, 0.15) is 44.5 Å². The highest BCUT2D eigenvalue weighted by atomic mass is 14.8. The van der Waals surface area contributed by atoms with Crippen LogP contribution < -0.4 is 0 Å². The van der Waals surface area contributed by atoms with E-state index in [9.17, 15) is 42.1 Å². The van der Waals surface area contributed by atoms with Gasteiger partial charge in [-0.2, -0.15) is 42.1 Å². The first-order valence-electron chi connectivity index (χ1n) is 47.9. The van der Waals surface area contributed by atoms with E-state index in [0.717, 1.165) is 145 Å². The zero-order chi connectivity index (χ0) is 100. The Morgan fingerprint density at radius 1 is 0.135 bits per heavy atom. The lowest BCUT2D eigenvalue weighted by Crippen LogP contribution is -1.92. The summed E-state index contributed by atoms with van der Waals surface area (Å²) in [6.07, 6.45) is 0. The minimum atomic E-state index is -0.142. The van der Waals surface area contributed by atoms with Crippen LogP contribution in [-0.4, -0.2) is 0 Å². The minimum Gasteiger partial charge on any atom is -0.262 e. The maximum atomic E-state index is 10.1. The number of benzene rings is 29. The van der Waals surface area contributed by atoms with Crippen molar-refractivity contribution in [1.29, 1.82) is 42.1 Å². The normalized spacial score (nSPS) is 11.3. The summed E-state index contributed by atoms with van der Waals surface area (Å²) in [6, 6.07) is 146. The molecule has 12 nitrogen and oxygen atoms in total. The zero-order valence-electron chi connectivity index (χ0n) is 78.2. The highest BCUT2D eigenvalue weighted by molar-refractivity contribution is 6.49. The van der Waals surface area contributed by atoms with Gasteiger partial charge in [-0.05, 0) is 324 Å². The van der Waals surface area contributed by atoms with Gasteiger partial charge in [0.15, 0.2) is 5.69 Å². The number of nitrogens with zero attached hydrogens (tertiary/aromatic N) is 12. The number of fused-ring (bicyclic) bond motifs is 54.